The summed E-state index contributed by atoms with van der Waals surface area (Å²) in [5.41, 5.74) is 0. The molecule has 4 heterocycles. The van der Waals surface area contributed by atoms with Gasteiger partial charge in [-0.2, -0.15) is 0 Å². The summed E-state index contributed by atoms with van der Waals surface area (Å²) < 4.78 is 10.9. The lowest BCUT2D eigenvalue weighted by atomic mass is 10.3. The van der Waals surface area contributed by atoms with Gasteiger partial charge in [0, 0.05) is 37.8 Å². The molecule has 8 heteroatoms. The quantitative estimate of drug-likeness (QED) is 0.729. The van der Waals surface area contributed by atoms with Gasteiger partial charge in [-0.05, 0) is 12.1 Å². The summed E-state index contributed by atoms with van der Waals surface area (Å²) in [6.45, 7) is 4.51. The lowest BCUT2D eigenvalue weighted by molar-refractivity contribution is 0.226. The van der Waals surface area contributed by atoms with E-state index in [9.17, 15) is 0 Å². The molecular formula is C14H15N5O2S. The standard InChI is InChI=1S/C14H15N5O2S/c1-2-11(20-8-1)13-17-16-12(21-13)10-18-4-6-19(7-5-18)14-15-3-9-22-14/h1-3,8-9H,4-7,10H2. The summed E-state index contributed by atoms with van der Waals surface area (Å²) in [6.07, 6.45) is 3.44. The molecule has 0 amide bonds. The number of anilines is 1. The Hall–Kier alpha value is -2.19. The van der Waals surface area contributed by atoms with Crippen molar-refractivity contribution in [2.45, 2.75) is 6.54 Å². The molecule has 1 fully saturated rings. The molecule has 0 spiro atoms. The van der Waals surface area contributed by atoms with Crippen LogP contribution in [0, 0.1) is 0 Å². The van der Waals surface area contributed by atoms with Crippen molar-refractivity contribution in [2.75, 3.05) is 31.1 Å². The molecule has 7 nitrogen and oxygen atoms in total. The molecule has 0 atom stereocenters. The Morgan fingerprint density at radius 2 is 2.09 bits per heavy atom. The summed E-state index contributed by atoms with van der Waals surface area (Å²) in [4.78, 5) is 8.97. The maximum atomic E-state index is 5.65. The molecule has 4 rings (SSSR count). The van der Waals surface area contributed by atoms with Crippen LogP contribution < -0.4 is 4.90 Å². The minimum absolute atomic E-state index is 0.432. The summed E-state index contributed by atoms with van der Waals surface area (Å²) >= 11 is 1.68. The van der Waals surface area contributed by atoms with E-state index in [1.54, 1.807) is 23.7 Å². The van der Waals surface area contributed by atoms with Gasteiger partial charge in [0.25, 0.3) is 5.89 Å². The number of aromatic nitrogens is 3. The molecule has 3 aromatic rings. The number of nitrogens with zero attached hydrogens (tertiary/aromatic N) is 5. The molecule has 1 aliphatic heterocycles. The molecule has 1 aliphatic rings. The fourth-order valence-corrected chi connectivity index (χ4v) is 3.17. The van der Waals surface area contributed by atoms with E-state index in [4.69, 9.17) is 8.83 Å². The van der Waals surface area contributed by atoms with Gasteiger partial charge in [0.2, 0.25) is 5.89 Å². The third kappa shape index (κ3) is 2.75. The van der Waals surface area contributed by atoms with Crippen molar-refractivity contribution in [3.8, 4) is 11.7 Å². The normalized spacial score (nSPS) is 16.3. The third-order valence-electron chi connectivity index (χ3n) is 3.62. The largest absolute Gasteiger partial charge is 0.459 e. The van der Waals surface area contributed by atoms with Gasteiger partial charge in [-0.15, -0.1) is 21.5 Å². The van der Waals surface area contributed by atoms with Crippen LogP contribution in [0.5, 0.6) is 0 Å². The first kappa shape index (κ1) is 13.5. The first-order valence-electron chi connectivity index (χ1n) is 7.11. The van der Waals surface area contributed by atoms with E-state index in [0.29, 0.717) is 24.1 Å². The van der Waals surface area contributed by atoms with Crippen LogP contribution in [-0.2, 0) is 6.54 Å². The van der Waals surface area contributed by atoms with Crippen LogP contribution in [0.25, 0.3) is 11.7 Å². The fourth-order valence-electron chi connectivity index (χ4n) is 2.48. The predicted molar refractivity (Wildman–Crippen MR) is 81.6 cm³/mol. The maximum absolute atomic E-state index is 5.65. The number of hydrogen-bond acceptors (Lipinski definition) is 8. The smallest absolute Gasteiger partial charge is 0.283 e. The fraction of sp³-hybridized carbons (Fsp3) is 0.357. The molecule has 0 aromatic carbocycles. The second-order valence-electron chi connectivity index (χ2n) is 5.06. The van der Waals surface area contributed by atoms with E-state index in [1.165, 1.54) is 0 Å². The molecule has 3 aromatic heterocycles. The van der Waals surface area contributed by atoms with Crippen molar-refractivity contribution in [3.63, 3.8) is 0 Å². The van der Waals surface area contributed by atoms with E-state index < -0.39 is 0 Å². The second kappa shape index (κ2) is 5.90. The van der Waals surface area contributed by atoms with E-state index in [1.807, 2.05) is 17.6 Å². The highest BCUT2D eigenvalue weighted by Crippen LogP contribution is 2.21. The van der Waals surface area contributed by atoms with Gasteiger partial charge < -0.3 is 13.7 Å². The van der Waals surface area contributed by atoms with Gasteiger partial charge in [-0.25, -0.2) is 4.98 Å². The number of hydrogen-bond donors (Lipinski definition) is 0. The maximum Gasteiger partial charge on any atom is 0.283 e. The summed E-state index contributed by atoms with van der Waals surface area (Å²) in [5.74, 6) is 1.66. The van der Waals surface area contributed by atoms with E-state index in [2.05, 4.69) is 25.0 Å². The average molecular weight is 317 g/mol. The Kier molecular flexibility index (Phi) is 3.61. The monoisotopic (exact) mass is 317 g/mol. The SMILES string of the molecule is c1coc(-c2nnc(CN3CCN(c4nccs4)CC3)o2)c1. The number of furan rings is 1. The summed E-state index contributed by atoms with van der Waals surface area (Å²) in [5, 5.41) is 11.2. The van der Waals surface area contributed by atoms with Crippen molar-refractivity contribution < 1.29 is 8.83 Å². The van der Waals surface area contributed by atoms with Gasteiger partial charge in [0.1, 0.15) is 0 Å². The van der Waals surface area contributed by atoms with Crippen molar-refractivity contribution in [1.82, 2.24) is 20.1 Å². The lowest BCUT2D eigenvalue weighted by Gasteiger charge is -2.33. The topological polar surface area (TPSA) is 71.4 Å². The van der Waals surface area contributed by atoms with Crippen LogP contribution in [-0.4, -0.2) is 46.3 Å². The minimum Gasteiger partial charge on any atom is -0.459 e. The lowest BCUT2D eigenvalue weighted by Crippen LogP contribution is -2.46. The summed E-state index contributed by atoms with van der Waals surface area (Å²) in [6, 6.07) is 3.61. The highest BCUT2D eigenvalue weighted by atomic mass is 32.1. The Labute approximate surface area is 131 Å². The van der Waals surface area contributed by atoms with Crippen molar-refractivity contribution in [1.29, 1.82) is 0 Å². The molecule has 0 aliphatic carbocycles. The molecule has 0 unspecified atom stereocenters. The Morgan fingerprint density at radius 1 is 1.18 bits per heavy atom. The van der Waals surface area contributed by atoms with Gasteiger partial charge in [-0.3, -0.25) is 4.90 Å². The van der Waals surface area contributed by atoms with Gasteiger partial charge in [0.15, 0.2) is 10.9 Å². The van der Waals surface area contributed by atoms with E-state index in [0.717, 1.165) is 31.3 Å². The zero-order chi connectivity index (χ0) is 14.8. The molecular weight excluding hydrogens is 302 g/mol. The molecule has 0 N–H and O–H groups in total. The van der Waals surface area contributed by atoms with Crippen LogP contribution >= 0.6 is 11.3 Å². The Bertz CT molecular complexity index is 702. The average Bonchev–Trinajstić information content (AvgIpc) is 3.30. The van der Waals surface area contributed by atoms with Crippen LogP contribution in [0.15, 0.2) is 38.8 Å². The van der Waals surface area contributed by atoms with Gasteiger partial charge in [-0.1, -0.05) is 0 Å². The van der Waals surface area contributed by atoms with Crippen molar-refractivity contribution in [3.05, 3.63) is 35.9 Å². The third-order valence-corrected chi connectivity index (χ3v) is 4.45. The van der Waals surface area contributed by atoms with E-state index in [-0.39, 0.29) is 0 Å². The minimum atomic E-state index is 0.432. The first-order valence-corrected chi connectivity index (χ1v) is 7.99. The summed E-state index contributed by atoms with van der Waals surface area (Å²) in [7, 11) is 0. The van der Waals surface area contributed by atoms with Crippen LogP contribution in [0.2, 0.25) is 0 Å². The van der Waals surface area contributed by atoms with Crippen LogP contribution in [0.4, 0.5) is 5.13 Å². The molecule has 22 heavy (non-hydrogen) atoms. The van der Waals surface area contributed by atoms with Gasteiger partial charge in [0.05, 0.1) is 12.8 Å². The first-order chi connectivity index (χ1) is 10.9. The highest BCUT2D eigenvalue weighted by molar-refractivity contribution is 7.13. The molecule has 1 saturated heterocycles. The number of piperazine rings is 1. The molecule has 0 radical (unpaired) electrons. The molecule has 0 saturated carbocycles. The van der Waals surface area contributed by atoms with Crippen molar-refractivity contribution >= 4 is 16.5 Å². The second-order valence-corrected chi connectivity index (χ2v) is 5.93. The number of rotatable bonds is 4. The Balaban J connectivity index is 1.35. The van der Waals surface area contributed by atoms with Crippen LogP contribution in [0.1, 0.15) is 5.89 Å². The van der Waals surface area contributed by atoms with Crippen molar-refractivity contribution in [2.24, 2.45) is 0 Å². The predicted octanol–water partition coefficient (Wildman–Crippen LogP) is 2.11. The Morgan fingerprint density at radius 3 is 2.82 bits per heavy atom. The van der Waals surface area contributed by atoms with Crippen LogP contribution in [0.3, 0.4) is 0 Å². The molecule has 114 valence electrons. The van der Waals surface area contributed by atoms with Gasteiger partial charge >= 0.3 is 0 Å². The van der Waals surface area contributed by atoms with E-state index >= 15 is 0 Å². The highest BCUT2D eigenvalue weighted by Gasteiger charge is 2.21. The number of thiazole rings is 1. The molecule has 0 bridgehead atoms. The zero-order valence-corrected chi connectivity index (χ0v) is 12.7. The zero-order valence-electron chi connectivity index (χ0n) is 11.9.